The molecule has 0 radical (unpaired) electrons. The molecule has 0 amide bonds. The van der Waals surface area contributed by atoms with E-state index in [1.807, 2.05) is 45.0 Å². The van der Waals surface area contributed by atoms with Gasteiger partial charge in [0.05, 0.1) is 17.4 Å². The molecule has 0 aliphatic heterocycles. The molecular weight excluding hydrogens is 280 g/mol. The minimum Gasteiger partial charge on any atom is -0.491 e. The molecule has 116 valence electrons. The van der Waals surface area contributed by atoms with Gasteiger partial charge < -0.3 is 4.74 Å². The Morgan fingerprint density at radius 2 is 1.95 bits per heavy atom. The fraction of sp³-hybridized carbons (Fsp3) is 0.353. The molecule has 0 unspecified atom stereocenters. The molecule has 5 nitrogen and oxygen atoms in total. The molecule has 1 aromatic heterocycles. The van der Waals surface area contributed by atoms with Gasteiger partial charge >= 0.3 is 0 Å². The lowest BCUT2D eigenvalue weighted by Gasteiger charge is -2.11. The van der Waals surface area contributed by atoms with Gasteiger partial charge in [-0.2, -0.15) is 5.10 Å². The molecule has 2 rings (SSSR count). The Morgan fingerprint density at radius 1 is 1.27 bits per heavy atom. The average molecular weight is 300 g/mol. The number of aromatic nitrogens is 2. The highest BCUT2D eigenvalue weighted by Crippen LogP contribution is 2.21. The average Bonchev–Trinajstić information content (AvgIpc) is 2.50. The van der Waals surface area contributed by atoms with Crippen LogP contribution in [0.3, 0.4) is 0 Å². The fourth-order valence-corrected chi connectivity index (χ4v) is 2.13. The number of carbonyl (C=O) groups excluding carboxylic acids is 1. The normalized spacial score (nSPS) is 10.7. The molecule has 0 atom stereocenters. The van der Waals surface area contributed by atoms with E-state index in [9.17, 15) is 9.59 Å². The third-order valence-electron chi connectivity index (χ3n) is 3.09. The van der Waals surface area contributed by atoms with E-state index in [-0.39, 0.29) is 17.2 Å². The van der Waals surface area contributed by atoms with E-state index in [1.165, 1.54) is 10.7 Å². The summed E-state index contributed by atoms with van der Waals surface area (Å²) >= 11 is 0. The smallest absolute Gasteiger partial charge is 0.277 e. The second-order valence-electron chi connectivity index (χ2n) is 5.32. The van der Waals surface area contributed by atoms with Gasteiger partial charge in [0, 0.05) is 12.1 Å². The molecule has 0 spiro atoms. The van der Waals surface area contributed by atoms with Crippen LogP contribution >= 0.6 is 0 Å². The van der Waals surface area contributed by atoms with Crippen LogP contribution in [-0.2, 0) is 6.54 Å². The van der Waals surface area contributed by atoms with Gasteiger partial charge in [0.15, 0.2) is 6.29 Å². The van der Waals surface area contributed by atoms with Crippen molar-refractivity contribution in [2.24, 2.45) is 0 Å². The van der Waals surface area contributed by atoms with E-state index in [0.29, 0.717) is 18.5 Å². The second kappa shape index (κ2) is 7.02. The lowest BCUT2D eigenvalue weighted by atomic mass is 10.1. The van der Waals surface area contributed by atoms with Crippen molar-refractivity contribution in [3.05, 3.63) is 46.2 Å². The maximum Gasteiger partial charge on any atom is 0.277 e. The van der Waals surface area contributed by atoms with E-state index in [1.54, 1.807) is 0 Å². The minimum absolute atomic E-state index is 0.108. The van der Waals surface area contributed by atoms with Crippen molar-refractivity contribution in [2.75, 3.05) is 0 Å². The molecule has 1 aromatic carbocycles. The van der Waals surface area contributed by atoms with Crippen LogP contribution in [0.15, 0.2) is 35.1 Å². The van der Waals surface area contributed by atoms with E-state index in [2.05, 4.69) is 5.10 Å². The predicted octanol–water partition coefficient (Wildman–Crippen LogP) is 2.92. The predicted molar refractivity (Wildman–Crippen MR) is 85.4 cm³/mol. The van der Waals surface area contributed by atoms with Crippen molar-refractivity contribution in [3.8, 4) is 17.0 Å². The number of ether oxygens (including phenoxy) is 1. The van der Waals surface area contributed by atoms with E-state index in [0.717, 1.165) is 17.7 Å². The van der Waals surface area contributed by atoms with Crippen LogP contribution in [-0.4, -0.2) is 22.2 Å². The molecular formula is C17H20N2O3. The van der Waals surface area contributed by atoms with Crippen LogP contribution < -0.4 is 10.3 Å². The van der Waals surface area contributed by atoms with Crippen LogP contribution in [0.4, 0.5) is 0 Å². The molecule has 0 bridgehead atoms. The van der Waals surface area contributed by atoms with Crippen LogP contribution in [0.25, 0.3) is 11.3 Å². The van der Waals surface area contributed by atoms with Crippen molar-refractivity contribution in [2.45, 2.75) is 39.8 Å². The van der Waals surface area contributed by atoms with Crippen molar-refractivity contribution in [1.29, 1.82) is 0 Å². The SMILES string of the molecule is CCCn1nc(-c2ccc(OC(C)C)cc2)cc(C=O)c1=O. The number of hydrogen-bond acceptors (Lipinski definition) is 4. The molecule has 0 fully saturated rings. The van der Waals surface area contributed by atoms with E-state index >= 15 is 0 Å². The van der Waals surface area contributed by atoms with Gasteiger partial charge in [-0.1, -0.05) is 6.92 Å². The van der Waals surface area contributed by atoms with E-state index in [4.69, 9.17) is 4.74 Å². The van der Waals surface area contributed by atoms with Gasteiger partial charge in [-0.3, -0.25) is 9.59 Å². The summed E-state index contributed by atoms with van der Waals surface area (Å²) in [6.45, 7) is 6.38. The van der Waals surface area contributed by atoms with Crippen LogP contribution in [0.5, 0.6) is 5.75 Å². The lowest BCUT2D eigenvalue weighted by molar-refractivity contribution is 0.112. The van der Waals surface area contributed by atoms with Crippen molar-refractivity contribution in [3.63, 3.8) is 0 Å². The van der Waals surface area contributed by atoms with E-state index < -0.39 is 0 Å². The first-order chi connectivity index (χ1) is 10.5. The summed E-state index contributed by atoms with van der Waals surface area (Å²) in [5, 5.41) is 4.34. The van der Waals surface area contributed by atoms with Crippen molar-refractivity contribution in [1.82, 2.24) is 9.78 Å². The highest BCUT2D eigenvalue weighted by atomic mass is 16.5. The first-order valence-corrected chi connectivity index (χ1v) is 7.39. The monoisotopic (exact) mass is 300 g/mol. The maximum absolute atomic E-state index is 12.0. The number of aldehydes is 1. The topological polar surface area (TPSA) is 61.2 Å². The van der Waals surface area contributed by atoms with Gasteiger partial charge in [0.2, 0.25) is 0 Å². The number of hydrogen-bond donors (Lipinski definition) is 0. The van der Waals surface area contributed by atoms with Crippen molar-refractivity contribution >= 4 is 6.29 Å². The van der Waals surface area contributed by atoms with Crippen molar-refractivity contribution < 1.29 is 9.53 Å². The second-order valence-corrected chi connectivity index (χ2v) is 5.32. The van der Waals surface area contributed by atoms with Crippen LogP contribution in [0.2, 0.25) is 0 Å². The first-order valence-electron chi connectivity index (χ1n) is 7.39. The Morgan fingerprint density at radius 3 is 2.50 bits per heavy atom. The van der Waals surface area contributed by atoms with Gasteiger partial charge in [0.25, 0.3) is 5.56 Å². The molecule has 1 heterocycles. The third kappa shape index (κ3) is 3.61. The number of benzene rings is 1. The van der Waals surface area contributed by atoms with Crippen LogP contribution in [0, 0.1) is 0 Å². The fourth-order valence-electron chi connectivity index (χ4n) is 2.13. The Labute approximate surface area is 129 Å². The minimum atomic E-state index is -0.347. The van der Waals surface area contributed by atoms with Crippen LogP contribution in [0.1, 0.15) is 37.6 Å². The maximum atomic E-state index is 12.0. The molecule has 0 saturated carbocycles. The zero-order valence-corrected chi connectivity index (χ0v) is 13.1. The Bertz CT molecular complexity index is 703. The summed E-state index contributed by atoms with van der Waals surface area (Å²) in [7, 11) is 0. The number of aryl methyl sites for hydroxylation is 1. The summed E-state index contributed by atoms with van der Waals surface area (Å²) in [6.07, 6.45) is 1.46. The number of rotatable bonds is 6. The summed E-state index contributed by atoms with van der Waals surface area (Å²) in [4.78, 5) is 23.1. The third-order valence-corrected chi connectivity index (χ3v) is 3.09. The summed E-state index contributed by atoms with van der Waals surface area (Å²) < 4.78 is 6.94. The standard InChI is InChI=1S/C17H20N2O3/c1-4-9-19-17(21)14(11-20)10-16(18-19)13-5-7-15(8-6-13)22-12(2)3/h5-8,10-12H,4,9H2,1-3H3. The Hall–Kier alpha value is -2.43. The lowest BCUT2D eigenvalue weighted by Crippen LogP contribution is -2.26. The van der Waals surface area contributed by atoms with Gasteiger partial charge in [-0.25, -0.2) is 4.68 Å². The highest BCUT2D eigenvalue weighted by Gasteiger charge is 2.09. The molecule has 0 aliphatic carbocycles. The highest BCUT2D eigenvalue weighted by molar-refractivity contribution is 5.76. The zero-order valence-electron chi connectivity index (χ0n) is 13.1. The molecule has 2 aromatic rings. The quantitative estimate of drug-likeness (QED) is 0.770. The number of nitrogens with zero attached hydrogens (tertiary/aromatic N) is 2. The molecule has 22 heavy (non-hydrogen) atoms. The Balaban J connectivity index is 2.41. The molecule has 0 N–H and O–H groups in total. The number of carbonyl (C=O) groups is 1. The molecule has 5 heteroatoms. The largest absolute Gasteiger partial charge is 0.491 e. The van der Waals surface area contributed by atoms with Gasteiger partial charge in [0.1, 0.15) is 5.75 Å². The Kier molecular flexibility index (Phi) is 5.09. The summed E-state index contributed by atoms with van der Waals surface area (Å²) in [5.41, 5.74) is 1.22. The first kappa shape index (κ1) is 15.9. The van der Waals surface area contributed by atoms with Gasteiger partial charge in [-0.15, -0.1) is 0 Å². The molecule has 0 aliphatic rings. The van der Waals surface area contributed by atoms with Gasteiger partial charge in [-0.05, 0) is 50.6 Å². The zero-order chi connectivity index (χ0) is 16.1. The molecule has 0 saturated heterocycles. The summed E-state index contributed by atoms with van der Waals surface area (Å²) in [6, 6.07) is 8.98. The summed E-state index contributed by atoms with van der Waals surface area (Å²) in [5.74, 6) is 0.774.